The molecule has 0 fully saturated rings. The van der Waals surface area contributed by atoms with E-state index in [9.17, 15) is 22.4 Å². The van der Waals surface area contributed by atoms with Crippen molar-refractivity contribution in [2.75, 3.05) is 6.54 Å². The van der Waals surface area contributed by atoms with Gasteiger partial charge in [0.25, 0.3) is 5.91 Å². The Labute approximate surface area is 93.8 Å². The molecule has 0 aliphatic carbocycles. The first-order valence-electron chi connectivity index (χ1n) is 4.63. The van der Waals surface area contributed by atoms with E-state index >= 15 is 0 Å². The second kappa shape index (κ2) is 5.11. The van der Waals surface area contributed by atoms with Crippen molar-refractivity contribution in [2.24, 2.45) is 7.05 Å². The lowest BCUT2D eigenvalue weighted by Gasteiger charge is -2.14. The third-order valence-corrected chi connectivity index (χ3v) is 1.86. The molecule has 0 saturated heterocycles. The molecule has 1 heterocycles. The number of rotatable bonds is 5. The molecule has 1 rings (SSSR count). The highest BCUT2D eigenvalue weighted by Gasteiger charge is 2.48. The Kier molecular flexibility index (Phi) is 4.02. The molecule has 1 amide bonds. The molecule has 0 aromatic carbocycles. The fraction of sp³-hybridized carbons (Fsp3) is 0.625. The number of carbonyl (C=O) groups is 1. The van der Waals surface area contributed by atoms with E-state index in [2.05, 4.69) is 10.1 Å². The molecule has 0 aliphatic heterocycles. The number of hydrogen-bond donors (Lipinski definition) is 1. The van der Waals surface area contributed by atoms with Gasteiger partial charge in [0.2, 0.25) is 0 Å². The lowest BCUT2D eigenvalue weighted by molar-refractivity contribution is -0.169. The first kappa shape index (κ1) is 13.4. The fourth-order valence-corrected chi connectivity index (χ4v) is 1.00. The van der Waals surface area contributed by atoms with Crippen LogP contribution < -0.4 is 5.32 Å². The predicted molar refractivity (Wildman–Crippen MR) is 48.7 cm³/mol. The van der Waals surface area contributed by atoms with Crippen LogP contribution in [0.15, 0.2) is 6.33 Å². The molecule has 9 heteroatoms. The standard InChI is InChI=1S/C8H10F4N4O/c1-16-4-14-5(15-16)2-3-13-7(17)8(11,12)6(9)10/h4,6H,2-3H2,1H3,(H,13,17). The van der Waals surface area contributed by atoms with Crippen LogP contribution in [-0.4, -0.2) is 39.6 Å². The van der Waals surface area contributed by atoms with Gasteiger partial charge in [-0.15, -0.1) is 0 Å². The summed E-state index contributed by atoms with van der Waals surface area (Å²) in [6, 6.07) is 0. The molecule has 0 spiro atoms. The van der Waals surface area contributed by atoms with Crippen molar-refractivity contribution in [1.29, 1.82) is 0 Å². The monoisotopic (exact) mass is 254 g/mol. The zero-order chi connectivity index (χ0) is 13.1. The van der Waals surface area contributed by atoms with E-state index in [4.69, 9.17) is 0 Å². The lowest BCUT2D eigenvalue weighted by Crippen LogP contribution is -2.45. The number of carbonyl (C=O) groups excluding carboxylic acids is 1. The Morgan fingerprint density at radius 2 is 2.24 bits per heavy atom. The molecule has 0 atom stereocenters. The largest absolute Gasteiger partial charge is 0.383 e. The highest BCUT2D eigenvalue weighted by Crippen LogP contribution is 2.22. The molecular formula is C8H10F4N4O. The Bertz CT molecular complexity index is 393. The summed E-state index contributed by atoms with van der Waals surface area (Å²) in [5.41, 5.74) is 0. The minimum atomic E-state index is -4.67. The molecule has 0 radical (unpaired) electrons. The van der Waals surface area contributed by atoms with Crippen molar-refractivity contribution >= 4 is 5.91 Å². The zero-order valence-corrected chi connectivity index (χ0v) is 8.83. The molecule has 0 bridgehead atoms. The summed E-state index contributed by atoms with van der Waals surface area (Å²) < 4.78 is 49.9. The Morgan fingerprint density at radius 3 is 2.71 bits per heavy atom. The van der Waals surface area contributed by atoms with Gasteiger partial charge in [-0.2, -0.15) is 13.9 Å². The normalized spacial score (nSPS) is 11.9. The summed E-state index contributed by atoms with van der Waals surface area (Å²) in [4.78, 5) is 14.5. The van der Waals surface area contributed by atoms with E-state index in [0.717, 1.165) is 0 Å². The average Bonchev–Trinajstić information content (AvgIpc) is 2.63. The summed E-state index contributed by atoms with van der Waals surface area (Å²) in [5.74, 6) is -6.34. The second-order valence-electron chi connectivity index (χ2n) is 3.26. The van der Waals surface area contributed by atoms with Crippen LogP contribution in [0.1, 0.15) is 5.82 Å². The number of aryl methyl sites for hydroxylation is 1. The summed E-state index contributed by atoms with van der Waals surface area (Å²) >= 11 is 0. The third-order valence-electron chi connectivity index (χ3n) is 1.86. The smallest absolute Gasteiger partial charge is 0.350 e. The van der Waals surface area contributed by atoms with Gasteiger partial charge >= 0.3 is 12.3 Å². The van der Waals surface area contributed by atoms with Gasteiger partial charge in [0.15, 0.2) is 5.82 Å². The first-order valence-corrected chi connectivity index (χ1v) is 4.63. The van der Waals surface area contributed by atoms with Gasteiger partial charge in [-0.3, -0.25) is 9.48 Å². The van der Waals surface area contributed by atoms with Gasteiger partial charge in [-0.1, -0.05) is 0 Å². The Balaban J connectivity index is 2.39. The van der Waals surface area contributed by atoms with Crippen molar-refractivity contribution < 1.29 is 22.4 Å². The summed E-state index contributed by atoms with van der Waals surface area (Å²) in [5, 5.41) is 5.53. The first-order chi connectivity index (χ1) is 7.84. The predicted octanol–water partition coefficient (Wildman–Crippen LogP) is 0.374. The number of nitrogens with one attached hydrogen (secondary N) is 1. The van der Waals surface area contributed by atoms with Crippen LogP contribution in [0, 0.1) is 0 Å². The van der Waals surface area contributed by atoms with Crippen LogP contribution in [0.25, 0.3) is 0 Å². The van der Waals surface area contributed by atoms with Crippen molar-refractivity contribution in [2.45, 2.75) is 18.8 Å². The minimum absolute atomic E-state index is 0.0892. The van der Waals surface area contributed by atoms with Crippen LogP contribution >= 0.6 is 0 Å². The van der Waals surface area contributed by atoms with E-state index in [0.29, 0.717) is 5.82 Å². The van der Waals surface area contributed by atoms with Gasteiger partial charge in [0, 0.05) is 20.0 Å². The average molecular weight is 254 g/mol. The second-order valence-corrected chi connectivity index (χ2v) is 3.26. The maximum atomic E-state index is 12.5. The van der Waals surface area contributed by atoms with Gasteiger partial charge in [-0.05, 0) is 0 Å². The van der Waals surface area contributed by atoms with Gasteiger partial charge in [0.05, 0.1) is 0 Å². The molecule has 17 heavy (non-hydrogen) atoms. The number of aromatic nitrogens is 3. The van der Waals surface area contributed by atoms with Crippen molar-refractivity contribution in [1.82, 2.24) is 20.1 Å². The molecular weight excluding hydrogens is 244 g/mol. The van der Waals surface area contributed by atoms with Crippen molar-refractivity contribution in [3.8, 4) is 0 Å². The zero-order valence-electron chi connectivity index (χ0n) is 8.83. The maximum Gasteiger partial charge on any atom is 0.383 e. The summed E-state index contributed by atoms with van der Waals surface area (Å²) in [6.07, 6.45) is -2.54. The summed E-state index contributed by atoms with van der Waals surface area (Å²) in [6.45, 7) is -0.231. The van der Waals surface area contributed by atoms with Gasteiger partial charge < -0.3 is 5.32 Å². The Hall–Kier alpha value is -1.67. The summed E-state index contributed by atoms with van der Waals surface area (Å²) in [7, 11) is 1.61. The number of alkyl halides is 4. The molecule has 0 aliphatic rings. The van der Waals surface area contributed by atoms with Crippen LogP contribution in [0.5, 0.6) is 0 Å². The molecule has 1 N–H and O–H groups in total. The minimum Gasteiger partial charge on any atom is -0.350 e. The number of nitrogens with zero attached hydrogens (tertiary/aromatic N) is 3. The molecule has 1 aromatic rings. The topological polar surface area (TPSA) is 59.8 Å². The van der Waals surface area contributed by atoms with E-state index in [-0.39, 0.29) is 13.0 Å². The highest BCUT2D eigenvalue weighted by molar-refractivity contribution is 5.83. The highest BCUT2D eigenvalue weighted by atomic mass is 19.3. The van der Waals surface area contributed by atoms with E-state index in [1.165, 1.54) is 11.0 Å². The van der Waals surface area contributed by atoms with Gasteiger partial charge in [0.1, 0.15) is 6.33 Å². The van der Waals surface area contributed by atoms with Gasteiger partial charge in [-0.25, -0.2) is 13.8 Å². The van der Waals surface area contributed by atoms with E-state index < -0.39 is 18.3 Å². The lowest BCUT2D eigenvalue weighted by atomic mass is 10.3. The van der Waals surface area contributed by atoms with Crippen molar-refractivity contribution in [3.63, 3.8) is 0 Å². The SMILES string of the molecule is Cn1cnc(CCNC(=O)C(F)(F)C(F)F)n1. The number of halogens is 4. The van der Waals surface area contributed by atoms with E-state index in [1.54, 1.807) is 12.4 Å². The van der Waals surface area contributed by atoms with Crippen molar-refractivity contribution in [3.05, 3.63) is 12.2 Å². The van der Waals surface area contributed by atoms with Crippen LogP contribution in [0.3, 0.4) is 0 Å². The molecule has 5 nitrogen and oxygen atoms in total. The molecule has 1 aromatic heterocycles. The van der Waals surface area contributed by atoms with E-state index in [1.807, 2.05) is 0 Å². The van der Waals surface area contributed by atoms with Crippen LogP contribution in [0.4, 0.5) is 17.6 Å². The maximum absolute atomic E-state index is 12.5. The molecule has 96 valence electrons. The fourth-order valence-electron chi connectivity index (χ4n) is 1.00. The van der Waals surface area contributed by atoms with Crippen LogP contribution in [0.2, 0.25) is 0 Å². The molecule has 0 unspecified atom stereocenters. The third kappa shape index (κ3) is 3.40. The number of hydrogen-bond acceptors (Lipinski definition) is 3. The van der Waals surface area contributed by atoms with Crippen LogP contribution in [-0.2, 0) is 18.3 Å². The quantitative estimate of drug-likeness (QED) is 0.772. The Morgan fingerprint density at radius 1 is 1.59 bits per heavy atom. The number of amides is 1. The molecule has 0 saturated carbocycles.